The van der Waals surface area contributed by atoms with E-state index in [1.54, 1.807) is 17.2 Å². The molecule has 3 heterocycles. The lowest BCUT2D eigenvalue weighted by atomic mass is 10.2. The molecule has 0 saturated carbocycles. The number of benzene rings is 1. The SMILES string of the molecule is CC(CNC1CNC1)Oc1ccc(-n2ccc(NC(=O)N3CCNCC3)nc2=O)cc1. The molecule has 166 valence electrons. The Kier molecular flexibility index (Phi) is 6.80. The van der Waals surface area contributed by atoms with Gasteiger partial charge >= 0.3 is 11.7 Å². The quantitative estimate of drug-likeness (QED) is 0.492. The molecule has 1 aromatic heterocycles. The molecule has 0 aliphatic carbocycles. The van der Waals surface area contributed by atoms with E-state index in [0.29, 0.717) is 24.8 Å². The normalized spacial score (nSPS) is 17.6. The van der Waals surface area contributed by atoms with Crippen LogP contribution in [0.3, 0.4) is 0 Å². The van der Waals surface area contributed by atoms with Crippen LogP contribution in [0.1, 0.15) is 6.92 Å². The van der Waals surface area contributed by atoms with Crippen molar-refractivity contribution in [2.45, 2.75) is 19.1 Å². The van der Waals surface area contributed by atoms with Crippen LogP contribution < -0.4 is 31.7 Å². The first-order valence-corrected chi connectivity index (χ1v) is 10.7. The van der Waals surface area contributed by atoms with E-state index in [2.05, 4.69) is 26.3 Å². The first kappa shape index (κ1) is 21.3. The number of nitrogens with one attached hydrogen (secondary N) is 4. The third-order valence-corrected chi connectivity index (χ3v) is 5.37. The van der Waals surface area contributed by atoms with Gasteiger partial charge in [0.1, 0.15) is 17.7 Å². The van der Waals surface area contributed by atoms with Gasteiger partial charge in [0.2, 0.25) is 0 Å². The summed E-state index contributed by atoms with van der Waals surface area (Å²) in [4.78, 5) is 30.5. The van der Waals surface area contributed by atoms with Crippen LogP contribution in [0.2, 0.25) is 0 Å². The summed E-state index contributed by atoms with van der Waals surface area (Å²) in [6.45, 7) is 7.58. The molecule has 2 aromatic rings. The van der Waals surface area contributed by atoms with E-state index in [0.717, 1.165) is 38.5 Å². The molecule has 10 heteroatoms. The van der Waals surface area contributed by atoms with Crippen molar-refractivity contribution in [2.24, 2.45) is 0 Å². The zero-order valence-electron chi connectivity index (χ0n) is 17.6. The molecule has 2 saturated heterocycles. The summed E-state index contributed by atoms with van der Waals surface area (Å²) in [5.41, 5.74) is 0.217. The lowest BCUT2D eigenvalue weighted by Crippen LogP contribution is -2.56. The Hall–Kier alpha value is -2.95. The van der Waals surface area contributed by atoms with Gasteiger partial charge in [0, 0.05) is 58.1 Å². The fourth-order valence-electron chi connectivity index (χ4n) is 3.45. The van der Waals surface area contributed by atoms with Gasteiger partial charge in [0.05, 0.1) is 5.69 Å². The highest BCUT2D eigenvalue weighted by molar-refractivity contribution is 5.88. The Morgan fingerprint density at radius 2 is 1.94 bits per heavy atom. The van der Waals surface area contributed by atoms with Crippen LogP contribution >= 0.6 is 0 Å². The van der Waals surface area contributed by atoms with E-state index in [1.807, 2.05) is 31.2 Å². The second kappa shape index (κ2) is 9.90. The van der Waals surface area contributed by atoms with E-state index in [9.17, 15) is 9.59 Å². The predicted molar refractivity (Wildman–Crippen MR) is 118 cm³/mol. The standard InChI is InChI=1S/C21H29N7O3/c1-15(12-24-16-13-23-14-16)31-18-4-2-17(3-5-18)28-9-6-19(26-21(28)30)25-20(29)27-10-7-22-8-11-27/h2-6,9,15-16,22-24H,7-8,10-14H2,1H3,(H,25,26,29,30). The number of anilines is 1. The van der Waals surface area contributed by atoms with Crippen LogP contribution in [0.25, 0.3) is 5.69 Å². The molecule has 4 N–H and O–H groups in total. The fourth-order valence-corrected chi connectivity index (χ4v) is 3.45. The highest BCUT2D eigenvalue weighted by Crippen LogP contribution is 2.16. The van der Waals surface area contributed by atoms with Crippen molar-refractivity contribution in [1.29, 1.82) is 0 Å². The van der Waals surface area contributed by atoms with Gasteiger partial charge in [-0.25, -0.2) is 9.59 Å². The van der Waals surface area contributed by atoms with Gasteiger partial charge in [-0.3, -0.25) is 9.88 Å². The Morgan fingerprint density at radius 3 is 2.58 bits per heavy atom. The first-order valence-electron chi connectivity index (χ1n) is 10.7. The maximum atomic E-state index is 12.5. The molecule has 1 unspecified atom stereocenters. The molecule has 31 heavy (non-hydrogen) atoms. The number of amides is 2. The third-order valence-electron chi connectivity index (χ3n) is 5.37. The summed E-state index contributed by atoms with van der Waals surface area (Å²) in [6, 6.07) is 9.20. The van der Waals surface area contributed by atoms with Gasteiger partial charge in [-0.2, -0.15) is 4.98 Å². The lowest BCUT2D eigenvalue weighted by Gasteiger charge is -2.29. The highest BCUT2D eigenvalue weighted by Gasteiger charge is 2.18. The number of urea groups is 1. The van der Waals surface area contributed by atoms with E-state index in [-0.39, 0.29) is 18.0 Å². The Labute approximate surface area is 181 Å². The van der Waals surface area contributed by atoms with Crippen molar-refractivity contribution in [2.75, 3.05) is 51.1 Å². The van der Waals surface area contributed by atoms with Gasteiger partial charge in [0.25, 0.3) is 0 Å². The van der Waals surface area contributed by atoms with Gasteiger partial charge in [-0.1, -0.05) is 0 Å². The van der Waals surface area contributed by atoms with Crippen LogP contribution in [0.15, 0.2) is 41.3 Å². The molecule has 10 nitrogen and oxygen atoms in total. The first-order chi connectivity index (χ1) is 15.1. The van der Waals surface area contributed by atoms with Crippen LogP contribution in [-0.2, 0) is 0 Å². The number of carbonyl (C=O) groups is 1. The van der Waals surface area contributed by atoms with E-state index >= 15 is 0 Å². The molecule has 1 atom stereocenters. The monoisotopic (exact) mass is 427 g/mol. The number of ether oxygens (including phenoxy) is 1. The number of nitrogens with zero attached hydrogens (tertiary/aromatic N) is 3. The highest BCUT2D eigenvalue weighted by atomic mass is 16.5. The van der Waals surface area contributed by atoms with Crippen molar-refractivity contribution in [3.63, 3.8) is 0 Å². The molecular weight excluding hydrogens is 398 g/mol. The van der Waals surface area contributed by atoms with E-state index < -0.39 is 5.69 Å². The van der Waals surface area contributed by atoms with Crippen molar-refractivity contribution in [3.8, 4) is 11.4 Å². The molecule has 2 aliphatic rings. The summed E-state index contributed by atoms with van der Waals surface area (Å²) in [5, 5.41) is 12.6. The molecule has 0 radical (unpaired) electrons. The maximum absolute atomic E-state index is 12.5. The molecule has 2 fully saturated rings. The van der Waals surface area contributed by atoms with Crippen molar-refractivity contribution in [3.05, 3.63) is 47.0 Å². The van der Waals surface area contributed by atoms with Crippen LogP contribution in [0.5, 0.6) is 5.75 Å². The van der Waals surface area contributed by atoms with Crippen molar-refractivity contribution in [1.82, 2.24) is 30.4 Å². The average molecular weight is 428 g/mol. The number of rotatable bonds is 7. The molecule has 4 rings (SSSR count). The minimum Gasteiger partial charge on any atom is -0.489 e. The van der Waals surface area contributed by atoms with Gasteiger partial charge in [-0.05, 0) is 37.3 Å². The van der Waals surface area contributed by atoms with E-state index in [1.165, 1.54) is 4.57 Å². The lowest BCUT2D eigenvalue weighted by molar-refractivity contribution is 0.203. The molecule has 2 amide bonds. The average Bonchev–Trinajstić information content (AvgIpc) is 2.74. The Morgan fingerprint density at radius 1 is 1.19 bits per heavy atom. The topological polar surface area (TPSA) is 113 Å². The largest absolute Gasteiger partial charge is 0.489 e. The molecule has 0 bridgehead atoms. The molecular formula is C21H29N7O3. The van der Waals surface area contributed by atoms with Crippen molar-refractivity contribution >= 4 is 11.8 Å². The second-order valence-electron chi connectivity index (χ2n) is 7.82. The van der Waals surface area contributed by atoms with Crippen LogP contribution in [0.4, 0.5) is 10.6 Å². The number of hydrogen-bond acceptors (Lipinski definition) is 7. The number of aromatic nitrogens is 2. The zero-order chi connectivity index (χ0) is 21.6. The second-order valence-corrected chi connectivity index (χ2v) is 7.82. The minimum absolute atomic E-state index is 0.0365. The number of carbonyl (C=O) groups excluding carboxylic acids is 1. The van der Waals surface area contributed by atoms with Gasteiger partial charge < -0.3 is 25.6 Å². The smallest absolute Gasteiger partial charge is 0.354 e. The summed E-state index contributed by atoms with van der Waals surface area (Å²) < 4.78 is 7.36. The zero-order valence-corrected chi connectivity index (χ0v) is 17.6. The third kappa shape index (κ3) is 5.60. The summed E-state index contributed by atoms with van der Waals surface area (Å²) in [5.74, 6) is 0.985. The van der Waals surface area contributed by atoms with E-state index in [4.69, 9.17) is 4.74 Å². The molecule has 2 aliphatic heterocycles. The van der Waals surface area contributed by atoms with Crippen molar-refractivity contribution < 1.29 is 9.53 Å². The molecule has 0 spiro atoms. The summed E-state index contributed by atoms with van der Waals surface area (Å²) >= 11 is 0. The number of piperazine rings is 1. The van der Waals surface area contributed by atoms with Gasteiger partial charge in [-0.15, -0.1) is 0 Å². The van der Waals surface area contributed by atoms with Crippen LogP contribution in [0, 0.1) is 0 Å². The summed E-state index contributed by atoms with van der Waals surface area (Å²) in [6.07, 6.45) is 1.65. The van der Waals surface area contributed by atoms with Gasteiger partial charge in [0.15, 0.2) is 0 Å². The van der Waals surface area contributed by atoms with Crippen LogP contribution in [-0.4, -0.2) is 78.4 Å². The Bertz CT molecular complexity index is 937. The minimum atomic E-state index is -0.460. The Balaban J connectivity index is 1.34. The summed E-state index contributed by atoms with van der Waals surface area (Å²) in [7, 11) is 0. The number of hydrogen-bond donors (Lipinski definition) is 4. The predicted octanol–water partition coefficient (Wildman–Crippen LogP) is -0.00170. The molecule has 1 aromatic carbocycles. The fraction of sp³-hybridized carbons (Fsp3) is 0.476. The maximum Gasteiger partial charge on any atom is 0.354 e.